The van der Waals surface area contributed by atoms with Crippen LogP contribution in [-0.2, 0) is 11.3 Å². The van der Waals surface area contributed by atoms with Crippen molar-refractivity contribution >= 4 is 11.6 Å². The molecule has 1 heterocycles. The van der Waals surface area contributed by atoms with Crippen LogP contribution in [0.15, 0.2) is 23.2 Å². The van der Waals surface area contributed by atoms with Gasteiger partial charge in [0.15, 0.2) is 5.96 Å². The molecule has 1 saturated carbocycles. The Bertz CT molecular complexity index is 623. The molecule has 150 valence electrons. The normalized spacial score (nSPS) is 24.0. The molecule has 1 aliphatic carbocycles. The highest BCUT2D eigenvalue weighted by Gasteiger charge is 2.19. The van der Waals surface area contributed by atoms with Crippen LogP contribution in [0.4, 0.5) is 10.1 Å². The summed E-state index contributed by atoms with van der Waals surface area (Å²) in [4.78, 5) is 6.72. The standard InChI is InChI=1S/C21H33FN4O/c1-3-23-21(25-18-7-4-16(2)5-8-18)24-15-17-6-9-20(19(22)14-17)26-10-12-27-13-11-26/h6,9,14,16,18H,3-5,7-8,10-13,15H2,1-2H3,(H2,23,24,25). The quantitative estimate of drug-likeness (QED) is 0.612. The number of rotatable bonds is 5. The minimum absolute atomic E-state index is 0.177. The lowest BCUT2D eigenvalue weighted by Crippen LogP contribution is -2.44. The maximum absolute atomic E-state index is 14.6. The van der Waals surface area contributed by atoms with Gasteiger partial charge in [0.05, 0.1) is 25.4 Å². The summed E-state index contributed by atoms with van der Waals surface area (Å²) in [5.74, 6) is 1.48. The summed E-state index contributed by atoms with van der Waals surface area (Å²) >= 11 is 0. The Morgan fingerprint density at radius 1 is 1.22 bits per heavy atom. The maximum atomic E-state index is 14.6. The predicted molar refractivity (Wildman–Crippen MR) is 109 cm³/mol. The molecule has 0 atom stereocenters. The Balaban J connectivity index is 1.60. The van der Waals surface area contributed by atoms with E-state index in [1.54, 1.807) is 6.07 Å². The molecule has 5 nitrogen and oxygen atoms in total. The Hall–Kier alpha value is -1.82. The second kappa shape index (κ2) is 9.93. The molecule has 2 aliphatic rings. The third kappa shape index (κ3) is 5.83. The van der Waals surface area contributed by atoms with Gasteiger partial charge in [-0.15, -0.1) is 0 Å². The Morgan fingerprint density at radius 3 is 2.63 bits per heavy atom. The van der Waals surface area contributed by atoms with Gasteiger partial charge in [0.2, 0.25) is 0 Å². The van der Waals surface area contributed by atoms with Crippen molar-refractivity contribution in [2.75, 3.05) is 37.7 Å². The van der Waals surface area contributed by atoms with Crippen molar-refractivity contribution in [2.24, 2.45) is 10.9 Å². The summed E-state index contributed by atoms with van der Waals surface area (Å²) in [7, 11) is 0. The molecule has 0 radical (unpaired) electrons. The number of hydrogen-bond donors (Lipinski definition) is 2. The first-order chi connectivity index (χ1) is 13.2. The van der Waals surface area contributed by atoms with E-state index in [9.17, 15) is 4.39 Å². The Morgan fingerprint density at radius 2 is 1.96 bits per heavy atom. The van der Waals surface area contributed by atoms with Gasteiger partial charge in [0.1, 0.15) is 5.82 Å². The lowest BCUT2D eigenvalue weighted by Gasteiger charge is -2.29. The van der Waals surface area contributed by atoms with Gasteiger partial charge in [-0.25, -0.2) is 9.38 Å². The molecule has 3 rings (SSSR count). The van der Waals surface area contributed by atoms with Gasteiger partial charge in [0.25, 0.3) is 0 Å². The smallest absolute Gasteiger partial charge is 0.191 e. The topological polar surface area (TPSA) is 48.9 Å². The number of ether oxygens (including phenoxy) is 1. The molecular weight excluding hydrogens is 343 g/mol. The first kappa shape index (κ1) is 19.9. The van der Waals surface area contributed by atoms with Gasteiger partial charge in [-0.3, -0.25) is 0 Å². The Kier molecular flexibility index (Phi) is 7.33. The predicted octanol–water partition coefficient (Wildman–Crippen LogP) is 3.30. The third-order valence-corrected chi connectivity index (χ3v) is 5.48. The van der Waals surface area contributed by atoms with Gasteiger partial charge < -0.3 is 20.3 Å². The van der Waals surface area contributed by atoms with Crippen LogP contribution in [0, 0.1) is 11.7 Å². The first-order valence-corrected chi connectivity index (χ1v) is 10.3. The number of nitrogens with one attached hydrogen (secondary N) is 2. The molecule has 2 N–H and O–H groups in total. The number of guanidine groups is 1. The number of hydrogen-bond acceptors (Lipinski definition) is 3. The first-order valence-electron chi connectivity index (χ1n) is 10.3. The molecule has 6 heteroatoms. The molecule has 0 unspecified atom stereocenters. The van der Waals surface area contributed by atoms with E-state index in [0.717, 1.165) is 37.1 Å². The van der Waals surface area contributed by atoms with Gasteiger partial charge in [-0.05, 0) is 56.2 Å². The molecule has 1 aliphatic heterocycles. The molecule has 1 aromatic rings. The fourth-order valence-corrected chi connectivity index (χ4v) is 3.80. The molecule has 1 saturated heterocycles. The van der Waals surface area contributed by atoms with Crippen molar-refractivity contribution in [3.8, 4) is 0 Å². The summed E-state index contributed by atoms with van der Waals surface area (Å²) < 4.78 is 19.9. The fraction of sp³-hybridized carbons (Fsp3) is 0.667. The zero-order valence-electron chi connectivity index (χ0n) is 16.6. The van der Waals surface area contributed by atoms with Crippen LogP contribution >= 0.6 is 0 Å². The van der Waals surface area contributed by atoms with Crippen LogP contribution in [0.2, 0.25) is 0 Å². The van der Waals surface area contributed by atoms with E-state index < -0.39 is 0 Å². The number of halogens is 1. The number of aliphatic imine (C=N–C) groups is 1. The highest BCUT2D eigenvalue weighted by molar-refractivity contribution is 5.80. The van der Waals surface area contributed by atoms with E-state index in [4.69, 9.17) is 4.74 Å². The van der Waals surface area contributed by atoms with Gasteiger partial charge in [0, 0.05) is 25.7 Å². The second-order valence-electron chi connectivity index (χ2n) is 7.68. The minimum Gasteiger partial charge on any atom is -0.378 e. The van der Waals surface area contributed by atoms with Crippen molar-refractivity contribution in [3.63, 3.8) is 0 Å². The molecule has 0 aromatic heterocycles. The molecule has 0 amide bonds. The summed E-state index contributed by atoms with van der Waals surface area (Å²) in [6, 6.07) is 5.94. The maximum Gasteiger partial charge on any atom is 0.191 e. The SMILES string of the molecule is CCNC(=NCc1ccc(N2CCOCC2)c(F)c1)NC1CCC(C)CC1. The average Bonchev–Trinajstić information content (AvgIpc) is 2.69. The summed E-state index contributed by atoms with van der Waals surface area (Å²) in [6.45, 7) is 8.47. The molecule has 27 heavy (non-hydrogen) atoms. The van der Waals surface area contributed by atoms with Crippen LogP contribution in [-0.4, -0.2) is 44.8 Å². The average molecular weight is 377 g/mol. The number of anilines is 1. The number of benzene rings is 1. The molecule has 1 aromatic carbocycles. The van der Waals surface area contributed by atoms with E-state index in [0.29, 0.717) is 31.5 Å². The third-order valence-electron chi connectivity index (χ3n) is 5.48. The van der Waals surface area contributed by atoms with Gasteiger partial charge in [-0.1, -0.05) is 13.0 Å². The van der Waals surface area contributed by atoms with E-state index in [2.05, 4.69) is 29.5 Å². The molecular formula is C21H33FN4O. The van der Waals surface area contributed by atoms with E-state index in [1.807, 2.05) is 17.0 Å². The number of morpholine rings is 1. The second-order valence-corrected chi connectivity index (χ2v) is 7.68. The van der Waals surface area contributed by atoms with Crippen molar-refractivity contribution in [3.05, 3.63) is 29.6 Å². The summed E-state index contributed by atoms with van der Waals surface area (Å²) in [6.07, 6.45) is 4.92. The lowest BCUT2D eigenvalue weighted by molar-refractivity contribution is 0.122. The van der Waals surface area contributed by atoms with Gasteiger partial charge in [-0.2, -0.15) is 0 Å². The lowest BCUT2D eigenvalue weighted by atomic mass is 9.87. The summed E-state index contributed by atoms with van der Waals surface area (Å²) in [5.41, 5.74) is 1.55. The molecule has 0 bridgehead atoms. The molecule has 2 fully saturated rings. The summed E-state index contributed by atoms with van der Waals surface area (Å²) in [5, 5.41) is 6.86. The van der Waals surface area contributed by atoms with E-state index in [1.165, 1.54) is 25.7 Å². The van der Waals surface area contributed by atoms with Crippen molar-refractivity contribution in [1.82, 2.24) is 10.6 Å². The van der Waals surface area contributed by atoms with E-state index >= 15 is 0 Å². The van der Waals surface area contributed by atoms with Crippen LogP contribution in [0.5, 0.6) is 0 Å². The van der Waals surface area contributed by atoms with E-state index in [-0.39, 0.29) is 5.82 Å². The molecule has 0 spiro atoms. The fourth-order valence-electron chi connectivity index (χ4n) is 3.80. The van der Waals surface area contributed by atoms with Crippen LogP contribution < -0.4 is 15.5 Å². The minimum atomic E-state index is -0.177. The van der Waals surface area contributed by atoms with Crippen molar-refractivity contribution in [2.45, 2.75) is 52.1 Å². The van der Waals surface area contributed by atoms with Crippen molar-refractivity contribution in [1.29, 1.82) is 0 Å². The van der Waals surface area contributed by atoms with Crippen molar-refractivity contribution < 1.29 is 9.13 Å². The van der Waals surface area contributed by atoms with Gasteiger partial charge >= 0.3 is 0 Å². The zero-order valence-corrected chi connectivity index (χ0v) is 16.6. The Labute approximate surface area is 162 Å². The largest absolute Gasteiger partial charge is 0.378 e. The van der Waals surface area contributed by atoms with Crippen LogP contribution in [0.1, 0.15) is 45.1 Å². The van der Waals surface area contributed by atoms with Crippen LogP contribution in [0.25, 0.3) is 0 Å². The zero-order chi connectivity index (χ0) is 19.1. The highest BCUT2D eigenvalue weighted by Crippen LogP contribution is 2.24. The highest BCUT2D eigenvalue weighted by atomic mass is 19.1. The number of nitrogens with zero attached hydrogens (tertiary/aromatic N) is 2. The van der Waals surface area contributed by atoms with Crippen LogP contribution in [0.3, 0.4) is 0 Å². The monoisotopic (exact) mass is 376 g/mol.